The van der Waals surface area contributed by atoms with Gasteiger partial charge in [-0.05, 0) is 36.8 Å². The highest BCUT2D eigenvalue weighted by Gasteiger charge is 2.15. The molecule has 0 saturated carbocycles. The maximum atomic E-state index is 6.10. The maximum absolute atomic E-state index is 6.10. The highest BCUT2D eigenvalue weighted by atomic mass is 16.4. The average Bonchev–Trinajstić information content (AvgIpc) is 3.22. The zero-order valence-electron chi connectivity index (χ0n) is 16.0. The zero-order chi connectivity index (χ0) is 19.6. The predicted octanol–water partition coefficient (Wildman–Crippen LogP) is 5.85. The molecular weight excluding hydrogens is 358 g/mol. The first-order chi connectivity index (χ1) is 14.3. The first kappa shape index (κ1) is 17.3. The lowest BCUT2D eigenvalue weighted by molar-refractivity contribution is 0.519. The molecule has 0 atom stereocenters. The molecule has 5 rings (SSSR count). The standard InChI is InChI=1S/C25H19N3O/c1-17-9-12-21(23-16-27-24(29-23)14-18-6-3-2-4-7-18)25(28-17)20-11-10-19-8-5-13-26-22(19)15-20/h2-13,15-16H,14H2,1H3. The minimum Gasteiger partial charge on any atom is -0.440 e. The highest BCUT2D eigenvalue weighted by Crippen LogP contribution is 2.33. The van der Waals surface area contributed by atoms with Crippen LogP contribution in [0.15, 0.2) is 89.6 Å². The fourth-order valence-corrected chi connectivity index (χ4v) is 3.48. The molecule has 140 valence electrons. The van der Waals surface area contributed by atoms with Gasteiger partial charge >= 0.3 is 0 Å². The van der Waals surface area contributed by atoms with E-state index >= 15 is 0 Å². The molecule has 29 heavy (non-hydrogen) atoms. The van der Waals surface area contributed by atoms with E-state index in [9.17, 15) is 0 Å². The Morgan fingerprint density at radius 1 is 0.862 bits per heavy atom. The summed E-state index contributed by atoms with van der Waals surface area (Å²) >= 11 is 0. The molecule has 0 aliphatic carbocycles. The van der Waals surface area contributed by atoms with Crippen LogP contribution in [-0.4, -0.2) is 15.0 Å². The number of benzene rings is 2. The van der Waals surface area contributed by atoms with Gasteiger partial charge < -0.3 is 4.42 Å². The third-order valence-electron chi connectivity index (χ3n) is 4.93. The summed E-state index contributed by atoms with van der Waals surface area (Å²) in [6.45, 7) is 1.99. The van der Waals surface area contributed by atoms with Gasteiger partial charge in [0, 0.05) is 34.8 Å². The van der Waals surface area contributed by atoms with Crippen molar-refractivity contribution in [2.75, 3.05) is 0 Å². The third kappa shape index (κ3) is 3.52. The van der Waals surface area contributed by atoms with Crippen molar-refractivity contribution < 1.29 is 4.42 Å². The van der Waals surface area contributed by atoms with E-state index in [0.717, 1.165) is 39.2 Å². The number of oxazole rings is 1. The molecule has 0 bridgehead atoms. The normalized spacial score (nSPS) is 11.1. The Morgan fingerprint density at radius 2 is 1.76 bits per heavy atom. The van der Waals surface area contributed by atoms with Gasteiger partial charge in [-0.1, -0.05) is 48.5 Å². The summed E-state index contributed by atoms with van der Waals surface area (Å²) in [6.07, 6.45) is 4.26. The molecule has 0 N–H and O–H groups in total. The number of rotatable bonds is 4. The Morgan fingerprint density at radius 3 is 2.66 bits per heavy atom. The van der Waals surface area contributed by atoms with Crippen molar-refractivity contribution in [2.24, 2.45) is 0 Å². The van der Waals surface area contributed by atoms with E-state index in [1.54, 1.807) is 6.20 Å². The Kier molecular flexibility index (Phi) is 4.37. The van der Waals surface area contributed by atoms with E-state index in [2.05, 4.69) is 46.4 Å². The van der Waals surface area contributed by atoms with Crippen molar-refractivity contribution in [1.29, 1.82) is 0 Å². The topological polar surface area (TPSA) is 51.8 Å². The molecule has 0 unspecified atom stereocenters. The van der Waals surface area contributed by atoms with Crippen LogP contribution in [-0.2, 0) is 6.42 Å². The molecule has 4 nitrogen and oxygen atoms in total. The minimum atomic E-state index is 0.662. The lowest BCUT2D eigenvalue weighted by Crippen LogP contribution is -1.92. The van der Waals surface area contributed by atoms with Crippen molar-refractivity contribution >= 4 is 10.9 Å². The van der Waals surface area contributed by atoms with Crippen LogP contribution in [0.4, 0.5) is 0 Å². The van der Waals surface area contributed by atoms with Gasteiger partial charge in [0.25, 0.3) is 0 Å². The van der Waals surface area contributed by atoms with E-state index in [1.165, 1.54) is 5.56 Å². The summed E-state index contributed by atoms with van der Waals surface area (Å²) in [6, 6.07) is 24.5. The SMILES string of the molecule is Cc1ccc(-c2cnc(Cc3ccccc3)o2)c(-c2ccc3cccnc3c2)n1. The maximum Gasteiger partial charge on any atom is 0.199 e. The summed E-state index contributed by atoms with van der Waals surface area (Å²) < 4.78 is 6.10. The lowest BCUT2D eigenvalue weighted by Gasteiger charge is -2.09. The van der Waals surface area contributed by atoms with Crippen molar-refractivity contribution in [3.63, 3.8) is 0 Å². The first-order valence-electron chi connectivity index (χ1n) is 9.58. The van der Waals surface area contributed by atoms with Crippen molar-refractivity contribution in [3.05, 3.63) is 102 Å². The predicted molar refractivity (Wildman–Crippen MR) is 114 cm³/mol. The second-order valence-electron chi connectivity index (χ2n) is 7.04. The molecule has 0 spiro atoms. The number of fused-ring (bicyclic) bond motifs is 1. The van der Waals surface area contributed by atoms with E-state index in [-0.39, 0.29) is 0 Å². The van der Waals surface area contributed by atoms with Crippen LogP contribution in [0.2, 0.25) is 0 Å². The fourth-order valence-electron chi connectivity index (χ4n) is 3.48. The van der Waals surface area contributed by atoms with Crippen molar-refractivity contribution in [1.82, 2.24) is 15.0 Å². The molecule has 0 aliphatic heterocycles. The fraction of sp³-hybridized carbons (Fsp3) is 0.0800. The van der Waals surface area contributed by atoms with E-state index in [1.807, 2.05) is 49.5 Å². The molecule has 3 aromatic heterocycles. The van der Waals surface area contributed by atoms with Gasteiger partial charge in [0.1, 0.15) is 0 Å². The second-order valence-corrected chi connectivity index (χ2v) is 7.04. The van der Waals surface area contributed by atoms with Crippen LogP contribution in [0.1, 0.15) is 17.1 Å². The Balaban J connectivity index is 1.56. The number of aryl methyl sites for hydroxylation is 1. The lowest BCUT2D eigenvalue weighted by atomic mass is 10.0. The summed E-state index contributed by atoms with van der Waals surface area (Å²) in [7, 11) is 0. The third-order valence-corrected chi connectivity index (χ3v) is 4.93. The smallest absolute Gasteiger partial charge is 0.199 e. The van der Waals surface area contributed by atoms with Crippen molar-refractivity contribution in [2.45, 2.75) is 13.3 Å². The van der Waals surface area contributed by atoms with Gasteiger partial charge in [0.15, 0.2) is 11.7 Å². The summed E-state index contributed by atoms with van der Waals surface area (Å²) in [5.74, 6) is 1.41. The van der Waals surface area contributed by atoms with Gasteiger partial charge in [0.2, 0.25) is 0 Å². The van der Waals surface area contributed by atoms with Gasteiger partial charge in [-0.15, -0.1) is 0 Å². The number of aromatic nitrogens is 3. The Hall–Kier alpha value is -3.79. The molecule has 0 fully saturated rings. The first-order valence-corrected chi connectivity index (χ1v) is 9.58. The van der Waals surface area contributed by atoms with E-state index < -0.39 is 0 Å². The zero-order valence-corrected chi connectivity index (χ0v) is 16.0. The van der Waals surface area contributed by atoms with Gasteiger partial charge in [0.05, 0.1) is 17.4 Å². The molecule has 5 aromatic rings. The Labute approximate surface area is 168 Å². The average molecular weight is 377 g/mol. The second kappa shape index (κ2) is 7.32. The molecule has 0 amide bonds. The molecule has 3 heterocycles. The highest BCUT2D eigenvalue weighted by molar-refractivity contribution is 5.87. The summed E-state index contributed by atoms with van der Waals surface area (Å²) in [5.41, 5.74) is 5.88. The minimum absolute atomic E-state index is 0.662. The molecule has 0 saturated heterocycles. The molecular formula is C25H19N3O. The van der Waals surface area contributed by atoms with E-state index in [0.29, 0.717) is 12.3 Å². The van der Waals surface area contributed by atoms with Crippen LogP contribution in [0.25, 0.3) is 33.5 Å². The van der Waals surface area contributed by atoms with Crippen LogP contribution in [0.5, 0.6) is 0 Å². The van der Waals surface area contributed by atoms with Crippen LogP contribution >= 0.6 is 0 Å². The van der Waals surface area contributed by atoms with Crippen LogP contribution in [0, 0.1) is 6.92 Å². The van der Waals surface area contributed by atoms with Crippen LogP contribution in [0.3, 0.4) is 0 Å². The molecule has 0 radical (unpaired) electrons. The molecule has 2 aromatic carbocycles. The summed E-state index contributed by atoms with van der Waals surface area (Å²) in [5, 5.41) is 1.11. The number of hydrogen-bond acceptors (Lipinski definition) is 4. The number of hydrogen-bond donors (Lipinski definition) is 0. The van der Waals surface area contributed by atoms with Gasteiger partial charge in [-0.25, -0.2) is 4.98 Å². The summed E-state index contributed by atoms with van der Waals surface area (Å²) in [4.78, 5) is 13.8. The van der Waals surface area contributed by atoms with E-state index in [4.69, 9.17) is 9.40 Å². The number of nitrogens with zero attached hydrogens (tertiary/aromatic N) is 3. The van der Waals surface area contributed by atoms with Gasteiger partial charge in [-0.2, -0.15) is 0 Å². The number of pyridine rings is 2. The van der Waals surface area contributed by atoms with Gasteiger partial charge in [-0.3, -0.25) is 9.97 Å². The largest absolute Gasteiger partial charge is 0.440 e. The molecule has 0 aliphatic rings. The Bertz CT molecular complexity index is 1290. The van der Waals surface area contributed by atoms with Crippen LogP contribution < -0.4 is 0 Å². The quantitative estimate of drug-likeness (QED) is 0.394. The van der Waals surface area contributed by atoms with Crippen molar-refractivity contribution in [3.8, 4) is 22.6 Å². The molecule has 4 heteroatoms. The monoisotopic (exact) mass is 377 g/mol.